The van der Waals surface area contributed by atoms with Crippen molar-refractivity contribution >= 4 is 41.4 Å². The maximum Gasteiger partial charge on any atom is 0.264 e. The molecule has 3 aliphatic rings. The van der Waals surface area contributed by atoms with Crippen molar-refractivity contribution < 1.29 is 14.4 Å². The Morgan fingerprint density at radius 1 is 1.04 bits per heavy atom. The predicted octanol–water partition coefficient (Wildman–Crippen LogP) is 1.22. The van der Waals surface area contributed by atoms with Crippen LogP contribution in [0.4, 0.5) is 11.4 Å². The van der Waals surface area contributed by atoms with Crippen LogP contribution in [0.5, 0.6) is 0 Å². The van der Waals surface area contributed by atoms with E-state index < -0.39 is 29.2 Å². The topological polar surface area (TPSA) is 110 Å². The SMILES string of the molecule is C[C@H](N)C(=O)C1(N)C(=O)N(CC2CC2)c2ccccc2N(CC2CC2)C1=O.Cl. The smallest absolute Gasteiger partial charge is 0.264 e. The van der Waals surface area contributed by atoms with Crippen molar-refractivity contribution in [1.29, 1.82) is 0 Å². The maximum absolute atomic E-state index is 13.5. The van der Waals surface area contributed by atoms with Crippen molar-refractivity contribution in [2.24, 2.45) is 23.3 Å². The first-order valence-electron chi connectivity index (χ1n) is 9.65. The van der Waals surface area contributed by atoms with Gasteiger partial charge in [-0.05, 0) is 56.6 Å². The predicted molar refractivity (Wildman–Crippen MR) is 109 cm³/mol. The summed E-state index contributed by atoms with van der Waals surface area (Å²) in [4.78, 5) is 42.9. The number of anilines is 2. The molecule has 0 spiro atoms. The average Bonchev–Trinajstić information content (AvgIpc) is 3.56. The summed E-state index contributed by atoms with van der Waals surface area (Å²) in [5.41, 5.74) is 11.1. The van der Waals surface area contributed by atoms with Gasteiger partial charge in [-0.2, -0.15) is 0 Å². The van der Waals surface area contributed by atoms with Crippen LogP contribution >= 0.6 is 12.4 Å². The van der Waals surface area contributed by atoms with Crippen LogP contribution in [-0.2, 0) is 14.4 Å². The van der Waals surface area contributed by atoms with Gasteiger partial charge in [-0.25, -0.2) is 0 Å². The fourth-order valence-electron chi connectivity index (χ4n) is 3.71. The lowest BCUT2D eigenvalue weighted by Crippen LogP contribution is -2.70. The molecule has 1 atom stereocenters. The Kier molecular flexibility index (Phi) is 5.53. The molecule has 0 saturated heterocycles. The number of benzene rings is 1. The fraction of sp³-hybridized carbons (Fsp3) is 0.550. The van der Waals surface area contributed by atoms with Crippen LogP contribution in [-0.4, -0.2) is 42.3 Å². The minimum absolute atomic E-state index is 0. The number of rotatable bonds is 6. The Hall–Kier alpha value is -1.96. The second-order valence-corrected chi connectivity index (χ2v) is 8.17. The van der Waals surface area contributed by atoms with E-state index >= 15 is 0 Å². The van der Waals surface area contributed by atoms with Gasteiger partial charge in [0.1, 0.15) is 0 Å². The van der Waals surface area contributed by atoms with E-state index in [1.807, 2.05) is 24.3 Å². The van der Waals surface area contributed by atoms with Gasteiger partial charge in [0.2, 0.25) is 5.54 Å². The second kappa shape index (κ2) is 7.46. The fourth-order valence-corrected chi connectivity index (χ4v) is 3.71. The number of fused-ring (bicyclic) bond motifs is 1. The van der Waals surface area contributed by atoms with Crippen LogP contribution in [0.3, 0.4) is 0 Å². The number of Topliss-reactive ketones (excluding diaryl/α,β-unsaturated/α-hetero) is 1. The van der Waals surface area contributed by atoms with E-state index in [4.69, 9.17) is 11.5 Å². The number of hydrogen-bond donors (Lipinski definition) is 2. The molecule has 0 unspecified atom stereocenters. The number of nitrogens with zero attached hydrogens (tertiary/aromatic N) is 2. The lowest BCUT2D eigenvalue weighted by atomic mass is 9.88. The van der Waals surface area contributed by atoms with Crippen LogP contribution in [0.1, 0.15) is 32.6 Å². The minimum Gasteiger partial charge on any atom is -0.322 e. The highest BCUT2D eigenvalue weighted by molar-refractivity contribution is 6.36. The number of amides is 2. The third-order valence-corrected chi connectivity index (χ3v) is 5.71. The molecule has 0 radical (unpaired) electrons. The van der Waals surface area contributed by atoms with Gasteiger partial charge < -0.3 is 21.3 Å². The Bertz CT molecular complexity index is 751. The van der Waals surface area contributed by atoms with E-state index in [1.165, 1.54) is 16.7 Å². The molecule has 2 aliphatic carbocycles. The number of carbonyl (C=O) groups excluding carboxylic acids is 3. The lowest BCUT2D eigenvalue weighted by molar-refractivity contribution is -0.142. The molecule has 152 valence electrons. The summed E-state index contributed by atoms with van der Waals surface area (Å²) >= 11 is 0. The van der Waals surface area contributed by atoms with E-state index in [2.05, 4.69) is 0 Å². The van der Waals surface area contributed by atoms with Crippen LogP contribution in [0.25, 0.3) is 0 Å². The third-order valence-electron chi connectivity index (χ3n) is 5.71. The molecule has 8 heteroatoms. The summed E-state index contributed by atoms with van der Waals surface area (Å²) in [6.07, 6.45) is 4.13. The Labute approximate surface area is 170 Å². The molecule has 1 aromatic rings. The summed E-state index contributed by atoms with van der Waals surface area (Å²) in [5, 5.41) is 0. The van der Waals surface area contributed by atoms with Gasteiger partial charge in [0.15, 0.2) is 5.78 Å². The molecule has 0 aromatic heterocycles. The Morgan fingerprint density at radius 3 is 1.75 bits per heavy atom. The van der Waals surface area contributed by atoms with Crippen LogP contribution in [0, 0.1) is 11.8 Å². The quantitative estimate of drug-likeness (QED) is 0.690. The number of carbonyl (C=O) groups is 3. The van der Waals surface area contributed by atoms with Gasteiger partial charge in [-0.3, -0.25) is 14.4 Å². The van der Waals surface area contributed by atoms with E-state index in [-0.39, 0.29) is 12.4 Å². The molecule has 0 bridgehead atoms. The summed E-state index contributed by atoms with van der Waals surface area (Å²) in [6, 6.07) is 6.32. The number of nitrogens with two attached hydrogens (primary N) is 2. The van der Waals surface area contributed by atoms with Crippen molar-refractivity contribution in [1.82, 2.24) is 0 Å². The molecule has 28 heavy (non-hydrogen) atoms. The zero-order valence-corrected chi connectivity index (χ0v) is 16.8. The number of ketones is 1. The summed E-state index contributed by atoms with van der Waals surface area (Å²) in [6.45, 7) is 2.39. The number of hydrogen-bond acceptors (Lipinski definition) is 5. The molecule has 4 rings (SSSR count). The zero-order valence-electron chi connectivity index (χ0n) is 16.0. The second-order valence-electron chi connectivity index (χ2n) is 8.17. The summed E-state index contributed by atoms with van der Waals surface area (Å²) in [7, 11) is 0. The van der Waals surface area contributed by atoms with Crippen molar-refractivity contribution in [2.45, 2.75) is 44.2 Å². The van der Waals surface area contributed by atoms with Gasteiger partial charge >= 0.3 is 0 Å². The van der Waals surface area contributed by atoms with Crippen molar-refractivity contribution in [3.63, 3.8) is 0 Å². The van der Waals surface area contributed by atoms with Crippen molar-refractivity contribution in [3.05, 3.63) is 24.3 Å². The van der Waals surface area contributed by atoms with E-state index in [1.54, 1.807) is 0 Å². The zero-order chi connectivity index (χ0) is 19.3. The van der Waals surface area contributed by atoms with E-state index in [0.717, 1.165) is 25.7 Å². The molecule has 2 fully saturated rings. The van der Waals surface area contributed by atoms with Crippen molar-refractivity contribution in [2.75, 3.05) is 22.9 Å². The third kappa shape index (κ3) is 3.43. The first kappa shape index (κ1) is 20.8. The molecule has 1 heterocycles. The molecular formula is C20H27ClN4O3. The molecular weight excluding hydrogens is 380 g/mol. The molecule has 2 amide bonds. The van der Waals surface area contributed by atoms with Gasteiger partial charge in [0, 0.05) is 13.1 Å². The first-order valence-corrected chi connectivity index (χ1v) is 9.65. The van der Waals surface area contributed by atoms with Gasteiger partial charge in [-0.1, -0.05) is 12.1 Å². The highest BCUT2D eigenvalue weighted by atomic mass is 35.5. The summed E-state index contributed by atoms with van der Waals surface area (Å²) < 4.78 is 0. The lowest BCUT2D eigenvalue weighted by Gasteiger charge is -2.31. The van der Waals surface area contributed by atoms with Crippen LogP contribution in [0.2, 0.25) is 0 Å². The normalized spacial score (nSPS) is 22.2. The van der Waals surface area contributed by atoms with Crippen LogP contribution < -0.4 is 21.3 Å². The largest absolute Gasteiger partial charge is 0.322 e. The molecule has 1 aromatic carbocycles. The average molecular weight is 407 g/mol. The van der Waals surface area contributed by atoms with Crippen molar-refractivity contribution in [3.8, 4) is 0 Å². The molecule has 2 saturated carbocycles. The van der Waals surface area contributed by atoms with Gasteiger partial charge in [-0.15, -0.1) is 12.4 Å². The highest BCUT2D eigenvalue weighted by Gasteiger charge is 2.57. The number of halogens is 1. The van der Waals surface area contributed by atoms with E-state index in [0.29, 0.717) is 36.3 Å². The monoisotopic (exact) mass is 406 g/mol. The van der Waals surface area contributed by atoms with E-state index in [9.17, 15) is 14.4 Å². The molecule has 1 aliphatic heterocycles. The van der Waals surface area contributed by atoms with Crippen LogP contribution in [0.15, 0.2) is 24.3 Å². The molecule has 4 N–H and O–H groups in total. The van der Waals surface area contributed by atoms with Gasteiger partial charge in [0.25, 0.3) is 11.8 Å². The Balaban J connectivity index is 0.00000225. The summed E-state index contributed by atoms with van der Waals surface area (Å²) in [5.74, 6) is -1.30. The highest BCUT2D eigenvalue weighted by Crippen LogP contribution is 2.41. The minimum atomic E-state index is -2.28. The Morgan fingerprint density at radius 2 is 1.43 bits per heavy atom. The maximum atomic E-state index is 13.5. The first-order chi connectivity index (χ1) is 12.8. The van der Waals surface area contributed by atoms with Gasteiger partial charge in [0.05, 0.1) is 17.4 Å². The molecule has 7 nitrogen and oxygen atoms in total. The standard InChI is InChI=1S/C20H26N4O3.ClH/c1-12(21)17(25)20(22)18(26)23(10-13-6-7-13)15-4-2-3-5-16(15)24(19(20)27)11-14-8-9-14;/h2-5,12-14H,6-11,21-22H2,1H3;1H/t12-;/m0./s1. The number of para-hydroxylation sites is 2.